The van der Waals surface area contributed by atoms with E-state index in [1.807, 2.05) is 0 Å². The van der Waals surface area contributed by atoms with Gasteiger partial charge in [0.1, 0.15) is 11.8 Å². The van der Waals surface area contributed by atoms with E-state index in [2.05, 4.69) is 10.3 Å². The average molecular weight is 209 g/mol. The highest BCUT2D eigenvalue weighted by Crippen LogP contribution is 2.08. The molecule has 1 unspecified atom stereocenters. The highest BCUT2D eigenvalue weighted by atomic mass is 16.3. The summed E-state index contributed by atoms with van der Waals surface area (Å²) in [6, 6.07) is 0.482. The molecular formula is C9H11N3O3. The van der Waals surface area contributed by atoms with Gasteiger partial charge in [-0.3, -0.25) is 14.6 Å². The molecule has 1 heterocycles. The number of amides is 2. The molecule has 1 rings (SSSR count). The number of aromatic nitrogens is 1. The lowest BCUT2D eigenvalue weighted by Crippen LogP contribution is -2.42. The zero-order chi connectivity index (χ0) is 11.4. The molecule has 80 valence electrons. The first-order valence-corrected chi connectivity index (χ1v) is 4.25. The number of aromatic hydroxyl groups is 1. The lowest BCUT2D eigenvalue weighted by atomic mass is 10.2. The van der Waals surface area contributed by atoms with E-state index in [1.165, 1.54) is 25.4 Å². The van der Waals surface area contributed by atoms with E-state index in [9.17, 15) is 9.59 Å². The van der Waals surface area contributed by atoms with Gasteiger partial charge in [-0.25, -0.2) is 0 Å². The molecule has 0 saturated heterocycles. The number of hydrogen-bond donors (Lipinski definition) is 3. The summed E-state index contributed by atoms with van der Waals surface area (Å²) >= 11 is 0. The SMILES string of the molecule is CC(NC(=O)c1cncc(O)c1)C(N)=O. The number of pyridine rings is 1. The summed E-state index contributed by atoms with van der Waals surface area (Å²) in [4.78, 5) is 25.7. The number of nitrogens with two attached hydrogens (primary N) is 1. The van der Waals surface area contributed by atoms with Crippen molar-refractivity contribution in [2.45, 2.75) is 13.0 Å². The highest BCUT2D eigenvalue weighted by molar-refractivity contribution is 5.97. The van der Waals surface area contributed by atoms with Crippen LogP contribution in [0.25, 0.3) is 0 Å². The van der Waals surface area contributed by atoms with Crippen molar-refractivity contribution >= 4 is 11.8 Å². The summed E-state index contributed by atoms with van der Waals surface area (Å²) in [5, 5.41) is 11.4. The van der Waals surface area contributed by atoms with Crippen molar-refractivity contribution in [2.75, 3.05) is 0 Å². The largest absolute Gasteiger partial charge is 0.506 e. The number of carbonyl (C=O) groups is 2. The maximum atomic E-state index is 11.4. The molecule has 15 heavy (non-hydrogen) atoms. The van der Waals surface area contributed by atoms with E-state index in [0.717, 1.165) is 0 Å². The Labute approximate surface area is 86.1 Å². The third kappa shape index (κ3) is 2.94. The molecule has 0 aliphatic heterocycles. The first kappa shape index (κ1) is 11.0. The second-order valence-electron chi connectivity index (χ2n) is 3.03. The van der Waals surface area contributed by atoms with Gasteiger partial charge >= 0.3 is 0 Å². The van der Waals surface area contributed by atoms with Crippen molar-refractivity contribution in [3.63, 3.8) is 0 Å². The minimum Gasteiger partial charge on any atom is -0.506 e. The van der Waals surface area contributed by atoms with Crippen LogP contribution in [-0.4, -0.2) is 27.9 Å². The summed E-state index contributed by atoms with van der Waals surface area (Å²) in [5.41, 5.74) is 5.14. The molecule has 0 aromatic carbocycles. The van der Waals surface area contributed by atoms with E-state index >= 15 is 0 Å². The molecule has 0 saturated carbocycles. The van der Waals surface area contributed by atoms with Crippen molar-refractivity contribution in [2.24, 2.45) is 5.73 Å². The Balaban J connectivity index is 2.73. The zero-order valence-corrected chi connectivity index (χ0v) is 8.10. The fraction of sp³-hybridized carbons (Fsp3) is 0.222. The van der Waals surface area contributed by atoms with Crippen molar-refractivity contribution < 1.29 is 14.7 Å². The van der Waals surface area contributed by atoms with Crippen LogP contribution >= 0.6 is 0 Å². The molecule has 4 N–H and O–H groups in total. The monoisotopic (exact) mass is 209 g/mol. The van der Waals surface area contributed by atoms with Gasteiger partial charge in [-0.15, -0.1) is 0 Å². The lowest BCUT2D eigenvalue weighted by Gasteiger charge is -2.09. The molecule has 0 radical (unpaired) electrons. The number of nitrogens with zero attached hydrogens (tertiary/aromatic N) is 1. The summed E-state index contributed by atoms with van der Waals surface area (Å²) in [5.74, 6) is -1.25. The van der Waals surface area contributed by atoms with Crippen LogP contribution < -0.4 is 11.1 Å². The smallest absolute Gasteiger partial charge is 0.253 e. The summed E-state index contributed by atoms with van der Waals surface area (Å²) in [6.45, 7) is 1.47. The molecule has 0 aliphatic rings. The molecule has 6 nitrogen and oxygen atoms in total. The fourth-order valence-electron chi connectivity index (χ4n) is 0.903. The van der Waals surface area contributed by atoms with Crippen LogP contribution in [0.3, 0.4) is 0 Å². The van der Waals surface area contributed by atoms with Crippen molar-refractivity contribution in [3.05, 3.63) is 24.0 Å². The lowest BCUT2D eigenvalue weighted by molar-refractivity contribution is -0.119. The Morgan fingerprint density at radius 2 is 2.20 bits per heavy atom. The van der Waals surface area contributed by atoms with Gasteiger partial charge in [-0.05, 0) is 13.0 Å². The van der Waals surface area contributed by atoms with Crippen molar-refractivity contribution in [1.29, 1.82) is 0 Å². The number of carbonyl (C=O) groups excluding carboxylic acids is 2. The first-order chi connectivity index (χ1) is 7.00. The second kappa shape index (κ2) is 4.41. The molecule has 1 aromatic rings. The van der Waals surface area contributed by atoms with E-state index < -0.39 is 17.9 Å². The van der Waals surface area contributed by atoms with Gasteiger partial charge in [0.15, 0.2) is 0 Å². The summed E-state index contributed by atoms with van der Waals surface area (Å²) in [6.07, 6.45) is 2.48. The van der Waals surface area contributed by atoms with Crippen LogP contribution in [0.2, 0.25) is 0 Å². The van der Waals surface area contributed by atoms with Crippen molar-refractivity contribution in [3.8, 4) is 5.75 Å². The maximum absolute atomic E-state index is 11.4. The molecular weight excluding hydrogens is 198 g/mol. The third-order valence-corrected chi connectivity index (χ3v) is 1.76. The van der Waals surface area contributed by atoms with Crippen LogP contribution in [0, 0.1) is 0 Å². The minimum atomic E-state index is -0.764. The van der Waals surface area contributed by atoms with Gasteiger partial charge in [0.2, 0.25) is 5.91 Å². The molecule has 6 heteroatoms. The van der Waals surface area contributed by atoms with Gasteiger partial charge in [0, 0.05) is 6.20 Å². The quantitative estimate of drug-likeness (QED) is 0.617. The summed E-state index contributed by atoms with van der Waals surface area (Å²) < 4.78 is 0. The van der Waals surface area contributed by atoms with E-state index in [4.69, 9.17) is 10.8 Å². The van der Waals surface area contributed by atoms with Gasteiger partial charge in [-0.1, -0.05) is 0 Å². The van der Waals surface area contributed by atoms with Crippen LogP contribution in [0.15, 0.2) is 18.5 Å². The number of rotatable bonds is 3. The Bertz CT molecular complexity index is 392. The normalized spacial score (nSPS) is 11.8. The maximum Gasteiger partial charge on any atom is 0.253 e. The number of nitrogens with one attached hydrogen (secondary N) is 1. The highest BCUT2D eigenvalue weighted by Gasteiger charge is 2.13. The Kier molecular flexibility index (Phi) is 3.22. The van der Waals surface area contributed by atoms with Crippen LogP contribution in [0.4, 0.5) is 0 Å². The molecule has 2 amide bonds. The third-order valence-electron chi connectivity index (χ3n) is 1.76. The fourth-order valence-corrected chi connectivity index (χ4v) is 0.903. The van der Waals surface area contributed by atoms with Gasteiger partial charge < -0.3 is 16.2 Å². The van der Waals surface area contributed by atoms with Gasteiger partial charge in [-0.2, -0.15) is 0 Å². The van der Waals surface area contributed by atoms with E-state index in [-0.39, 0.29) is 11.3 Å². The second-order valence-corrected chi connectivity index (χ2v) is 3.03. The minimum absolute atomic E-state index is 0.116. The average Bonchev–Trinajstić information content (AvgIpc) is 2.17. The van der Waals surface area contributed by atoms with Gasteiger partial charge in [0.25, 0.3) is 5.91 Å². The van der Waals surface area contributed by atoms with E-state index in [0.29, 0.717) is 0 Å². The molecule has 0 aliphatic carbocycles. The number of primary amides is 1. The van der Waals surface area contributed by atoms with Crippen LogP contribution in [0.1, 0.15) is 17.3 Å². The molecule has 0 spiro atoms. The molecule has 0 fully saturated rings. The van der Waals surface area contributed by atoms with Crippen LogP contribution in [-0.2, 0) is 4.79 Å². The Morgan fingerprint density at radius 3 is 2.73 bits per heavy atom. The van der Waals surface area contributed by atoms with Crippen LogP contribution in [0.5, 0.6) is 5.75 Å². The molecule has 1 atom stereocenters. The topological polar surface area (TPSA) is 105 Å². The first-order valence-electron chi connectivity index (χ1n) is 4.25. The standard InChI is InChI=1S/C9H11N3O3/c1-5(8(10)14)12-9(15)6-2-7(13)4-11-3-6/h2-5,13H,1H3,(H2,10,14)(H,12,15). The summed E-state index contributed by atoms with van der Waals surface area (Å²) in [7, 11) is 0. The Hall–Kier alpha value is -2.11. The molecule has 0 bridgehead atoms. The van der Waals surface area contributed by atoms with Crippen molar-refractivity contribution in [1.82, 2.24) is 10.3 Å². The zero-order valence-electron chi connectivity index (χ0n) is 8.10. The predicted molar refractivity (Wildman–Crippen MR) is 52.0 cm³/mol. The number of hydrogen-bond acceptors (Lipinski definition) is 4. The Morgan fingerprint density at radius 1 is 1.53 bits per heavy atom. The predicted octanol–water partition coefficient (Wildman–Crippen LogP) is -0.609. The van der Waals surface area contributed by atoms with Gasteiger partial charge in [0.05, 0.1) is 11.8 Å². The van der Waals surface area contributed by atoms with E-state index in [1.54, 1.807) is 0 Å². The molecule has 1 aromatic heterocycles.